The van der Waals surface area contributed by atoms with Crippen LogP contribution in [0.3, 0.4) is 0 Å². The Morgan fingerprint density at radius 1 is 1.21 bits per heavy atom. The van der Waals surface area contributed by atoms with Crippen LogP contribution in [0.1, 0.15) is 52.9 Å². The zero-order valence-electron chi connectivity index (χ0n) is 13.0. The van der Waals surface area contributed by atoms with Gasteiger partial charge in [-0.15, -0.1) is 0 Å². The standard InChI is InChI=1S/C15H30N2O2/c1-5-15(6-2,7-3)17-13(18)14(12-19-4)8-10-16-11-9-14/h16H,5-12H2,1-4H3,(H,17,18). The smallest absolute Gasteiger partial charge is 0.229 e. The summed E-state index contributed by atoms with van der Waals surface area (Å²) >= 11 is 0. The summed E-state index contributed by atoms with van der Waals surface area (Å²) in [5.74, 6) is 0.182. The summed E-state index contributed by atoms with van der Waals surface area (Å²) < 4.78 is 5.33. The van der Waals surface area contributed by atoms with Crippen molar-refractivity contribution < 1.29 is 9.53 Å². The molecule has 1 aliphatic heterocycles. The summed E-state index contributed by atoms with van der Waals surface area (Å²) in [6.45, 7) is 8.77. The van der Waals surface area contributed by atoms with Crippen molar-refractivity contribution in [1.82, 2.24) is 10.6 Å². The molecular formula is C15H30N2O2. The summed E-state index contributed by atoms with van der Waals surface area (Å²) in [6, 6.07) is 0. The maximum absolute atomic E-state index is 12.8. The Kier molecular flexibility index (Phi) is 6.27. The fourth-order valence-electron chi connectivity index (χ4n) is 3.01. The minimum absolute atomic E-state index is 0.0529. The van der Waals surface area contributed by atoms with Gasteiger partial charge in [-0.05, 0) is 45.2 Å². The second kappa shape index (κ2) is 7.25. The normalized spacial score (nSPS) is 19.2. The third-order valence-corrected chi connectivity index (χ3v) is 4.87. The quantitative estimate of drug-likeness (QED) is 0.745. The largest absolute Gasteiger partial charge is 0.384 e. The summed E-state index contributed by atoms with van der Waals surface area (Å²) in [5, 5.41) is 6.65. The van der Waals surface area contributed by atoms with Crippen molar-refractivity contribution in [2.75, 3.05) is 26.8 Å². The van der Waals surface area contributed by atoms with E-state index in [0.29, 0.717) is 6.61 Å². The van der Waals surface area contributed by atoms with Crippen LogP contribution in [0, 0.1) is 5.41 Å². The van der Waals surface area contributed by atoms with Gasteiger partial charge < -0.3 is 15.4 Å². The summed E-state index contributed by atoms with van der Waals surface area (Å²) in [5.41, 5.74) is -0.395. The molecule has 1 aliphatic rings. The number of hydrogen-bond acceptors (Lipinski definition) is 3. The van der Waals surface area contributed by atoms with Gasteiger partial charge in [-0.2, -0.15) is 0 Å². The fourth-order valence-corrected chi connectivity index (χ4v) is 3.01. The van der Waals surface area contributed by atoms with Gasteiger partial charge in [0.2, 0.25) is 5.91 Å². The maximum Gasteiger partial charge on any atom is 0.229 e. The van der Waals surface area contributed by atoms with Crippen molar-refractivity contribution >= 4 is 5.91 Å². The molecular weight excluding hydrogens is 240 g/mol. The van der Waals surface area contributed by atoms with Crippen LogP contribution in [0.2, 0.25) is 0 Å². The van der Waals surface area contributed by atoms with E-state index < -0.39 is 0 Å². The van der Waals surface area contributed by atoms with Crippen LogP contribution in [0.15, 0.2) is 0 Å². The first-order valence-electron chi connectivity index (χ1n) is 7.60. The zero-order chi connectivity index (χ0) is 14.4. The molecule has 0 saturated carbocycles. The maximum atomic E-state index is 12.8. The van der Waals surface area contributed by atoms with Crippen molar-refractivity contribution in [3.63, 3.8) is 0 Å². The Labute approximate surface area is 117 Å². The first kappa shape index (κ1) is 16.4. The molecule has 1 saturated heterocycles. The molecule has 1 heterocycles. The highest BCUT2D eigenvalue weighted by molar-refractivity contribution is 5.83. The van der Waals surface area contributed by atoms with Gasteiger partial charge in [0.15, 0.2) is 0 Å². The van der Waals surface area contributed by atoms with Gasteiger partial charge >= 0.3 is 0 Å². The highest BCUT2D eigenvalue weighted by Crippen LogP contribution is 2.31. The van der Waals surface area contributed by atoms with Crippen LogP contribution in [0.25, 0.3) is 0 Å². The van der Waals surface area contributed by atoms with Crippen molar-refractivity contribution in [1.29, 1.82) is 0 Å². The lowest BCUT2D eigenvalue weighted by molar-refractivity contribution is -0.138. The molecule has 1 amide bonds. The average molecular weight is 270 g/mol. The second-order valence-electron chi connectivity index (χ2n) is 5.76. The Morgan fingerprint density at radius 2 is 1.74 bits per heavy atom. The van der Waals surface area contributed by atoms with E-state index in [1.54, 1.807) is 7.11 Å². The van der Waals surface area contributed by atoms with E-state index in [4.69, 9.17) is 4.74 Å². The molecule has 0 aromatic carbocycles. The Balaban J connectivity index is 2.82. The SMILES string of the molecule is CCC(CC)(CC)NC(=O)C1(COC)CCNCC1. The minimum Gasteiger partial charge on any atom is -0.384 e. The molecule has 2 N–H and O–H groups in total. The topological polar surface area (TPSA) is 50.4 Å². The molecule has 0 spiro atoms. The summed E-state index contributed by atoms with van der Waals surface area (Å²) in [6.07, 6.45) is 4.66. The molecule has 1 rings (SSSR count). The molecule has 4 nitrogen and oxygen atoms in total. The van der Waals surface area contributed by atoms with E-state index in [9.17, 15) is 4.79 Å². The number of rotatable bonds is 7. The van der Waals surface area contributed by atoms with Crippen molar-refractivity contribution in [2.24, 2.45) is 5.41 Å². The summed E-state index contributed by atoms with van der Waals surface area (Å²) in [4.78, 5) is 12.8. The zero-order valence-corrected chi connectivity index (χ0v) is 13.0. The van der Waals surface area contributed by atoms with Crippen molar-refractivity contribution in [2.45, 2.75) is 58.4 Å². The Bertz CT molecular complexity index is 268. The number of amides is 1. The van der Waals surface area contributed by atoms with Crippen LogP contribution in [-0.2, 0) is 9.53 Å². The van der Waals surface area contributed by atoms with Crippen LogP contribution >= 0.6 is 0 Å². The number of piperidine rings is 1. The third kappa shape index (κ3) is 3.69. The predicted octanol–water partition coefficient (Wildman–Crippen LogP) is 2.09. The number of methoxy groups -OCH3 is 1. The van der Waals surface area contributed by atoms with Gasteiger partial charge in [0.25, 0.3) is 0 Å². The van der Waals surface area contributed by atoms with E-state index >= 15 is 0 Å². The van der Waals surface area contributed by atoms with E-state index in [1.165, 1.54) is 0 Å². The number of carbonyl (C=O) groups is 1. The highest BCUT2D eigenvalue weighted by atomic mass is 16.5. The number of ether oxygens (including phenoxy) is 1. The molecule has 0 aromatic heterocycles. The molecule has 0 aliphatic carbocycles. The van der Waals surface area contributed by atoms with Gasteiger partial charge in [-0.3, -0.25) is 4.79 Å². The number of carbonyl (C=O) groups excluding carboxylic acids is 1. The molecule has 0 atom stereocenters. The summed E-state index contributed by atoms with van der Waals surface area (Å²) in [7, 11) is 1.68. The predicted molar refractivity (Wildman–Crippen MR) is 78.2 cm³/mol. The van der Waals surface area contributed by atoms with Crippen molar-refractivity contribution in [3.05, 3.63) is 0 Å². The van der Waals surface area contributed by atoms with Gasteiger partial charge in [-0.25, -0.2) is 0 Å². The Hall–Kier alpha value is -0.610. The van der Waals surface area contributed by atoms with Gasteiger partial charge in [0, 0.05) is 12.6 Å². The van der Waals surface area contributed by atoms with Crippen LogP contribution in [-0.4, -0.2) is 38.3 Å². The molecule has 1 fully saturated rings. The van der Waals surface area contributed by atoms with E-state index in [1.807, 2.05) is 0 Å². The molecule has 19 heavy (non-hydrogen) atoms. The molecule has 0 aromatic rings. The fraction of sp³-hybridized carbons (Fsp3) is 0.933. The van der Waals surface area contributed by atoms with E-state index in [2.05, 4.69) is 31.4 Å². The minimum atomic E-state index is -0.342. The van der Waals surface area contributed by atoms with Crippen LogP contribution in [0.4, 0.5) is 0 Å². The van der Waals surface area contributed by atoms with Crippen molar-refractivity contribution in [3.8, 4) is 0 Å². The van der Waals surface area contributed by atoms with Gasteiger partial charge in [-0.1, -0.05) is 20.8 Å². The monoisotopic (exact) mass is 270 g/mol. The number of nitrogens with one attached hydrogen (secondary N) is 2. The molecule has 0 unspecified atom stereocenters. The van der Waals surface area contributed by atoms with Crippen LogP contribution in [0.5, 0.6) is 0 Å². The lowest BCUT2D eigenvalue weighted by Gasteiger charge is -2.40. The van der Waals surface area contributed by atoms with Gasteiger partial charge in [0.05, 0.1) is 12.0 Å². The second-order valence-corrected chi connectivity index (χ2v) is 5.76. The molecule has 4 heteroatoms. The molecule has 112 valence electrons. The van der Waals surface area contributed by atoms with Crippen LogP contribution < -0.4 is 10.6 Å². The number of hydrogen-bond donors (Lipinski definition) is 2. The molecule has 0 radical (unpaired) electrons. The first-order chi connectivity index (χ1) is 9.08. The van der Waals surface area contributed by atoms with Gasteiger partial charge in [0.1, 0.15) is 0 Å². The lowest BCUT2D eigenvalue weighted by atomic mass is 9.77. The first-order valence-corrected chi connectivity index (χ1v) is 7.60. The Morgan fingerprint density at radius 3 is 2.16 bits per heavy atom. The van der Waals surface area contributed by atoms with E-state index in [0.717, 1.165) is 45.2 Å². The molecule has 0 bridgehead atoms. The third-order valence-electron chi connectivity index (χ3n) is 4.87. The lowest BCUT2D eigenvalue weighted by Crippen LogP contribution is -2.56. The highest BCUT2D eigenvalue weighted by Gasteiger charge is 2.42. The van der Waals surface area contributed by atoms with E-state index in [-0.39, 0.29) is 16.9 Å². The average Bonchev–Trinajstić information content (AvgIpc) is 2.46.